The maximum Gasteiger partial charge on any atom is 0.244 e. The average Bonchev–Trinajstić information content (AvgIpc) is 4.11. The van der Waals surface area contributed by atoms with Crippen molar-refractivity contribution in [1.82, 2.24) is 52.2 Å². The summed E-state index contributed by atoms with van der Waals surface area (Å²) in [7, 11) is 2.04. The number of fused-ring (bicyclic) bond motifs is 1. The number of carbonyl (C=O) groups is 8. The first kappa shape index (κ1) is 60.3. The second kappa shape index (κ2) is 28.6. The molecule has 9 atom stereocenters. The number of H-pyrrole nitrogens is 2. The maximum absolute atomic E-state index is 15.0. The molecule has 422 valence electrons. The Labute approximate surface area is 464 Å². The highest BCUT2D eigenvalue weighted by molar-refractivity contribution is 8.77. The van der Waals surface area contributed by atoms with E-state index in [1.165, 1.54) is 19.4 Å². The van der Waals surface area contributed by atoms with Gasteiger partial charge in [0.1, 0.15) is 42.3 Å². The van der Waals surface area contributed by atoms with Crippen molar-refractivity contribution in [2.75, 3.05) is 12.3 Å². The number of amides is 8. The number of aliphatic hydroxyl groups excluding tert-OH is 1. The van der Waals surface area contributed by atoms with Gasteiger partial charge in [0.15, 0.2) is 5.96 Å². The number of nitrogens with zero attached hydrogens (tertiary/aromatic N) is 2. The SMILES string of the molecule is C[C@@H](O)[C@H](NC(=O)[C@@H]1NC(=O)[C@@H](Cc2c[nH]c3ccccc23)NC(=O)[C@H](CCCN=C(N)N)NC(=O)[C@@H](Cc2ccccc2)NC(=O)[C@@H](Cc2cnc[nH]2)NC(=O)[C@@H](NC(=O)[C@H](N)Cc2ccccc2)CSSC1(C)C)C(N)=O. The van der Waals surface area contributed by atoms with Crippen LogP contribution in [0.3, 0.4) is 0 Å². The number of guanidine groups is 1. The van der Waals surface area contributed by atoms with E-state index in [0.29, 0.717) is 16.8 Å². The van der Waals surface area contributed by atoms with E-state index in [-0.39, 0.29) is 56.8 Å². The van der Waals surface area contributed by atoms with Crippen molar-refractivity contribution in [1.29, 1.82) is 0 Å². The lowest BCUT2D eigenvalue weighted by atomic mass is 9.98. The fraction of sp³-hybridized carbons (Fsp3) is 0.396. The van der Waals surface area contributed by atoms with Crippen molar-refractivity contribution in [3.8, 4) is 0 Å². The van der Waals surface area contributed by atoms with E-state index in [0.717, 1.165) is 38.1 Å². The largest absolute Gasteiger partial charge is 0.391 e. The Hall–Kier alpha value is -7.94. The van der Waals surface area contributed by atoms with Crippen LogP contribution in [0.25, 0.3) is 10.9 Å². The third-order valence-corrected chi connectivity index (χ3v) is 16.2. The molecule has 79 heavy (non-hydrogen) atoms. The van der Waals surface area contributed by atoms with Gasteiger partial charge in [0.25, 0.3) is 0 Å². The van der Waals surface area contributed by atoms with Crippen LogP contribution in [-0.4, -0.2) is 145 Å². The number of rotatable bonds is 18. The Balaban J connectivity index is 1.46. The third-order valence-electron chi connectivity index (χ3n) is 12.9. The van der Waals surface area contributed by atoms with Crippen LogP contribution in [0.15, 0.2) is 109 Å². The second-order valence-corrected chi connectivity index (χ2v) is 22.6. The first-order valence-electron chi connectivity index (χ1n) is 25.5. The normalized spacial score (nSPS) is 21.8. The number of primary amides is 1. The van der Waals surface area contributed by atoms with Crippen LogP contribution >= 0.6 is 21.6 Å². The number of nitrogens with two attached hydrogens (primary N) is 4. The van der Waals surface area contributed by atoms with Gasteiger partial charge in [-0.1, -0.05) is 100 Å². The van der Waals surface area contributed by atoms with Crippen LogP contribution in [0, 0.1) is 0 Å². The standard InChI is InChI=1S/C53H69N15O9S2/c1-29(69)42(44(55)70)67-51(77)43-53(2,3)79-78-27-41(66-45(71)35(54)21-30-13-6-4-7-14-30)50(76)65-40(24-33-26-58-28-61-33)48(74)63-38(22-31-15-8-5-9-16-31)47(73)62-37(19-12-20-59-52(56)57)46(72)64-39(49(75)68-43)23-32-25-60-36-18-11-10-17-34(32)36/h4-11,13-18,25-26,28-29,35,37-43,60,69H,12,19-24,27,54H2,1-3H3,(H2,55,70)(H,58,61)(H,62,73)(H,63,74)(H,64,72)(H,65,76)(H,66,71)(H,67,77)(H,68,75)(H4,56,57,59)/t29-,35-,37+,38-,39-,40-,41+,42+,43+/m1/s1. The summed E-state index contributed by atoms with van der Waals surface area (Å²) in [6, 6.07) is 13.6. The molecule has 0 unspecified atom stereocenters. The molecule has 3 heterocycles. The van der Waals surface area contributed by atoms with Gasteiger partial charge in [-0.3, -0.25) is 43.3 Å². The van der Waals surface area contributed by atoms with E-state index in [9.17, 15) is 38.7 Å². The van der Waals surface area contributed by atoms with Gasteiger partial charge in [-0.25, -0.2) is 4.98 Å². The topological polar surface area (TPSA) is 402 Å². The van der Waals surface area contributed by atoms with Crippen molar-refractivity contribution < 1.29 is 43.5 Å². The molecular weight excluding hydrogens is 1050 g/mol. The second-order valence-electron chi connectivity index (χ2n) is 19.6. The number of carbonyl (C=O) groups excluding carboxylic acids is 8. The van der Waals surface area contributed by atoms with Crippen molar-refractivity contribution in [3.63, 3.8) is 0 Å². The highest BCUT2D eigenvalue weighted by atomic mass is 33.1. The van der Waals surface area contributed by atoms with Gasteiger partial charge in [0.05, 0.1) is 18.5 Å². The maximum atomic E-state index is 15.0. The number of hydrogen-bond donors (Lipinski definition) is 14. The van der Waals surface area contributed by atoms with Crippen LogP contribution in [-0.2, 0) is 64.0 Å². The molecule has 1 fully saturated rings. The van der Waals surface area contributed by atoms with E-state index < -0.39 is 106 Å². The molecule has 18 N–H and O–H groups in total. The van der Waals surface area contributed by atoms with Crippen molar-refractivity contribution in [2.45, 2.75) is 118 Å². The Morgan fingerprint density at radius 1 is 0.759 bits per heavy atom. The monoisotopic (exact) mass is 1120 g/mol. The molecule has 1 saturated heterocycles. The van der Waals surface area contributed by atoms with Gasteiger partial charge in [0.2, 0.25) is 47.3 Å². The highest BCUT2D eigenvalue weighted by Crippen LogP contribution is 2.39. The number of hydrogen-bond acceptors (Lipinski definition) is 14. The van der Waals surface area contributed by atoms with E-state index in [1.807, 2.05) is 24.3 Å². The van der Waals surface area contributed by atoms with Gasteiger partial charge in [0, 0.05) is 65.3 Å². The van der Waals surface area contributed by atoms with Gasteiger partial charge in [-0.05, 0) is 62.8 Å². The Morgan fingerprint density at radius 2 is 1.34 bits per heavy atom. The van der Waals surface area contributed by atoms with Crippen molar-refractivity contribution >= 4 is 85.7 Å². The molecule has 0 aliphatic carbocycles. The molecule has 6 rings (SSSR count). The predicted molar refractivity (Wildman–Crippen MR) is 301 cm³/mol. The molecule has 0 saturated carbocycles. The summed E-state index contributed by atoms with van der Waals surface area (Å²) < 4.78 is -1.39. The lowest BCUT2D eigenvalue weighted by molar-refractivity contribution is -0.136. The van der Waals surface area contributed by atoms with Gasteiger partial charge >= 0.3 is 0 Å². The molecule has 2 aromatic heterocycles. The minimum Gasteiger partial charge on any atom is -0.391 e. The van der Waals surface area contributed by atoms with Crippen LogP contribution in [0.4, 0.5) is 0 Å². The minimum atomic E-state index is -1.61. The van der Waals surface area contributed by atoms with Crippen LogP contribution < -0.4 is 60.2 Å². The van der Waals surface area contributed by atoms with Gasteiger partial charge < -0.3 is 75.2 Å². The van der Waals surface area contributed by atoms with Gasteiger partial charge in [-0.2, -0.15) is 0 Å². The molecule has 0 radical (unpaired) electrons. The summed E-state index contributed by atoms with van der Waals surface area (Å²) in [5, 5.41) is 30.4. The molecule has 8 amide bonds. The zero-order valence-corrected chi connectivity index (χ0v) is 45.5. The molecule has 5 aromatic rings. The summed E-state index contributed by atoms with van der Waals surface area (Å²) in [5.74, 6) is -7.31. The molecule has 0 bridgehead atoms. The first-order valence-corrected chi connectivity index (χ1v) is 27.8. The average molecular weight is 1120 g/mol. The van der Waals surface area contributed by atoms with E-state index in [4.69, 9.17) is 22.9 Å². The Bertz CT molecular complexity index is 2920. The van der Waals surface area contributed by atoms with Crippen molar-refractivity contribution in [3.05, 3.63) is 126 Å². The van der Waals surface area contributed by atoms with E-state index >= 15 is 4.79 Å². The van der Waals surface area contributed by atoms with Crippen LogP contribution in [0.1, 0.15) is 56.0 Å². The molecule has 1 aliphatic heterocycles. The quantitative estimate of drug-likeness (QED) is 0.0216. The van der Waals surface area contributed by atoms with Crippen molar-refractivity contribution in [2.24, 2.45) is 27.9 Å². The number of para-hydroxylation sites is 1. The fourth-order valence-corrected chi connectivity index (χ4v) is 11.5. The number of aliphatic imine (C=N–C) groups is 1. The smallest absolute Gasteiger partial charge is 0.244 e. The molecule has 3 aromatic carbocycles. The summed E-state index contributed by atoms with van der Waals surface area (Å²) in [4.78, 5) is 129. The summed E-state index contributed by atoms with van der Waals surface area (Å²) in [6.45, 7) is 4.48. The van der Waals surface area contributed by atoms with E-state index in [1.54, 1.807) is 80.7 Å². The van der Waals surface area contributed by atoms with Crippen LogP contribution in [0.2, 0.25) is 0 Å². The highest BCUT2D eigenvalue weighted by Gasteiger charge is 2.42. The molecule has 26 heteroatoms. The summed E-state index contributed by atoms with van der Waals surface area (Å²) in [5.41, 5.74) is 26.4. The Morgan fingerprint density at radius 3 is 1.97 bits per heavy atom. The summed E-state index contributed by atoms with van der Waals surface area (Å²) >= 11 is 0. The molecule has 0 spiro atoms. The molecule has 24 nitrogen and oxygen atoms in total. The zero-order valence-electron chi connectivity index (χ0n) is 43.9. The van der Waals surface area contributed by atoms with Gasteiger partial charge in [-0.15, -0.1) is 0 Å². The number of nitrogens with one attached hydrogen (secondary N) is 9. The lowest BCUT2D eigenvalue weighted by Gasteiger charge is -2.35. The molecule has 1 aliphatic rings. The summed E-state index contributed by atoms with van der Waals surface area (Å²) in [6.07, 6.45) is 2.82. The van der Waals surface area contributed by atoms with Crippen LogP contribution in [0.5, 0.6) is 0 Å². The number of benzene rings is 3. The predicted octanol–water partition coefficient (Wildman–Crippen LogP) is -1.02. The number of aliphatic hydroxyl groups is 1. The van der Waals surface area contributed by atoms with E-state index in [2.05, 4.69) is 57.2 Å². The zero-order chi connectivity index (χ0) is 57.2. The number of aromatic amines is 2. The first-order chi connectivity index (χ1) is 37.7. The number of aromatic nitrogens is 3. The lowest BCUT2D eigenvalue weighted by Crippen LogP contribution is -2.64. The fourth-order valence-electron chi connectivity index (χ4n) is 8.66. The minimum absolute atomic E-state index is 0.0428. The Kier molecular flexibility index (Phi) is 21.8. The third kappa shape index (κ3) is 17.8. The molecular formula is C53H69N15O9S2. The number of imidazole rings is 1.